The van der Waals surface area contributed by atoms with Gasteiger partial charge >= 0.3 is 0 Å². The molecule has 1 atom stereocenters. The lowest BCUT2D eigenvalue weighted by Gasteiger charge is -2.22. The Hall–Kier alpha value is -1.47. The van der Waals surface area contributed by atoms with E-state index >= 15 is 0 Å². The van der Waals surface area contributed by atoms with Crippen LogP contribution in [0.25, 0.3) is 0 Å². The van der Waals surface area contributed by atoms with Crippen LogP contribution < -0.4 is 0 Å². The van der Waals surface area contributed by atoms with Crippen LogP contribution in [-0.2, 0) is 6.42 Å². The van der Waals surface area contributed by atoms with Gasteiger partial charge in [-0.3, -0.25) is 0 Å². The number of amidine groups is 1. The topological polar surface area (TPSA) is 39.4 Å². The molecule has 0 bridgehead atoms. The summed E-state index contributed by atoms with van der Waals surface area (Å²) < 4.78 is 0. The second-order valence-corrected chi connectivity index (χ2v) is 6.90. The SMILES string of the molecule is CCc1cc(C#N)ccc1N=C1SCC(CC(C)C)N1C. The molecule has 0 spiro atoms. The molecule has 1 aromatic carbocycles. The average Bonchev–Trinajstić information content (AvgIpc) is 2.80. The van der Waals surface area contributed by atoms with E-state index in [0.29, 0.717) is 17.5 Å². The second-order valence-electron chi connectivity index (χ2n) is 5.91. The van der Waals surface area contributed by atoms with Gasteiger partial charge < -0.3 is 4.90 Å². The van der Waals surface area contributed by atoms with E-state index in [2.05, 4.69) is 38.8 Å². The molecule has 4 heteroatoms. The molecule has 0 amide bonds. The molecule has 1 fully saturated rings. The summed E-state index contributed by atoms with van der Waals surface area (Å²) in [6, 6.07) is 8.54. The standard InChI is InChI=1S/C17H23N3S/c1-5-14-9-13(10-18)6-7-16(14)19-17-20(4)15(11-21-17)8-12(2)3/h6-7,9,12,15H,5,8,11H2,1-4H3. The maximum absolute atomic E-state index is 9.00. The van der Waals surface area contributed by atoms with Gasteiger partial charge in [-0.15, -0.1) is 0 Å². The Labute approximate surface area is 132 Å². The smallest absolute Gasteiger partial charge is 0.164 e. The monoisotopic (exact) mass is 301 g/mol. The number of thioether (sulfide) groups is 1. The van der Waals surface area contributed by atoms with E-state index in [1.54, 1.807) is 0 Å². The highest BCUT2D eigenvalue weighted by Crippen LogP contribution is 2.30. The summed E-state index contributed by atoms with van der Waals surface area (Å²) in [5, 5.41) is 10.1. The Morgan fingerprint density at radius 3 is 2.86 bits per heavy atom. The summed E-state index contributed by atoms with van der Waals surface area (Å²) in [6.07, 6.45) is 2.10. The van der Waals surface area contributed by atoms with Crippen LogP contribution in [0.5, 0.6) is 0 Å². The quantitative estimate of drug-likeness (QED) is 0.836. The molecule has 112 valence electrons. The Bertz CT molecular complexity index is 572. The lowest BCUT2D eigenvalue weighted by atomic mass is 10.0. The number of hydrogen-bond acceptors (Lipinski definition) is 3. The first-order valence-corrected chi connectivity index (χ1v) is 8.51. The van der Waals surface area contributed by atoms with Crippen molar-refractivity contribution < 1.29 is 0 Å². The predicted octanol–water partition coefficient (Wildman–Crippen LogP) is 4.20. The number of nitriles is 1. The van der Waals surface area contributed by atoms with E-state index < -0.39 is 0 Å². The van der Waals surface area contributed by atoms with E-state index in [4.69, 9.17) is 10.3 Å². The third-order valence-electron chi connectivity index (χ3n) is 3.80. The molecule has 21 heavy (non-hydrogen) atoms. The number of hydrogen-bond donors (Lipinski definition) is 0. The van der Waals surface area contributed by atoms with Gasteiger partial charge in [-0.2, -0.15) is 5.26 Å². The maximum Gasteiger partial charge on any atom is 0.164 e. The summed E-state index contributed by atoms with van der Waals surface area (Å²) in [4.78, 5) is 7.15. The number of benzene rings is 1. The first-order valence-electron chi connectivity index (χ1n) is 7.52. The van der Waals surface area contributed by atoms with Crippen molar-refractivity contribution in [1.82, 2.24) is 4.90 Å². The third-order valence-corrected chi connectivity index (χ3v) is 4.99. The third kappa shape index (κ3) is 3.79. The van der Waals surface area contributed by atoms with Gasteiger partial charge in [-0.05, 0) is 42.5 Å². The van der Waals surface area contributed by atoms with Crippen LogP contribution in [0.1, 0.15) is 38.3 Å². The summed E-state index contributed by atoms with van der Waals surface area (Å²) in [6.45, 7) is 6.64. The van der Waals surface area contributed by atoms with Crippen LogP contribution in [0.4, 0.5) is 5.69 Å². The van der Waals surface area contributed by atoms with Gasteiger partial charge in [0.25, 0.3) is 0 Å². The van der Waals surface area contributed by atoms with Gasteiger partial charge in [0.05, 0.1) is 17.3 Å². The molecular weight excluding hydrogens is 278 g/mol. The largest absolute Gasteiger partial charge is 0.350 e. The first kappa shape index (κ1) is 15.9. The Kier molecular flexibility index (Phi) is 5.30. The number of aryl methyl sites for hydroxylation is 1. The van der Waals surface area contributed by atoms with E-state index in [9.17, 15) is 0 Å². The van der Waals surface area contributed by atoms with Crippen molar-refractivity contribution in [2.24, 2.45) is 10.9 Å². The lowest BCUT2D eigenvalue weighted by Crippen LogP contribution is -2.30. The maximum atomic E-state index is 9.00. The summed E-state index contributed by atoms with van der Waals surface area (Å²) in [5.74, 6) is 1.82. The van der Waals surface area contributed by atoms with Crippen molar-refractivity contribution >= 4 is 22.6 Å². The summed E-state index contributed by atoms with van der Waals surface area (Å²) >= 11 is 1.84. The Morgan fingerprint density at radius 1 is 1.48 bits per heavy atom. The molecule has 0 aliphatic carbocycles. The molecule has 1 heterocycles. The van der Waals surface area contributed by atoms with E-state index in [1.807, 2.05) is 30.0 Å². The molecule has 1 saturated heterocycles. The zero-order valence-corrected chi connectivity index (χ0v) is 14.1. The fraction of sp³-hybridized carbons (Fsp3) is 0.529. The highest BCUT2D eigenvalue weighted by molar-refractivity contribution is 8.14. The molecular formula is C17H23N3S. The molecule has 1 aliphatic rings. The molecule has 0 saturated carbocycles. The summed E-state index contributed by atoms with van der Waals surface area (Å²) in [5.41, 5.74) is 2.85. The van der Waals surface area contributed by atoms with Crippen LogP contribution in [0.15, 0.2) is 23.2 Å². The highest BCUT2D eigenvalue weighted by atomic mass is 32.2. The van der Waals surface area contributed by atoms with E-state index in [0.717, 1.165) is 28.6 Å². The van der Waals surface area contributed by atoms with E-state index in [1.165, 1.54) is 6.42 Å². The van der Waals surface area contributed by atoms with Gasteiger partial charge in [0, 0.05) is 18.8 Å². The van der Waals surface area contributed by atoms with Crippen LogP contribution >= 0.6 is 11.8 Å². The van der Waals surface area contributed by atoms with Crippen LogP contribution in [0, 0.1) is 17.2 Å². The van der Waals surface area contributed by atoms with Crippen LogP contribution in [0.3, 0.4) is 0 Å². The Morgan fingerprint density at radius 2 is 2.24 bits per heavy atom. The van der Waals surface area contributed by atoms with Gasteiger partial charge in [-0.25, -0.2) is 4.99 Å². The van der Waals surface area contributed by atoms with Crippen molar-refractivity contribution in [2.45, 2.75) is 39.7 Å². The number of rotatable bonds is 4. The normalized spacial score (nSPS) is 20.3. The minimum absolute atomic E-state index is 0.581. The first-order chi connectivity index (χ1) is 10.0. The van der Waals surface area contributed by atoms with Crippen molar-refractivity contribution in [3.8, 4) is 6.07 Å². The summed E-state index contributed by atoms with van der Waals surface area (Å²) in [7, 11) is 2.14. The van der Waals surface area contributed by atoms with Gasteiger partial charge in [0.1, 0.15) is 0 Å². The molecule has 0 radical (unpaired) electrons. The minimum Gasteiger partial charge on any atom is -0.350 e. The Balaban J connectivity index is 2.23. The molecule has 0 aromatic heterocycles. The van der Waals surface area contributed by atoms with Gasteiger partial charge in [0.15, 0.2) is 5.17 Å². The zero-order chi connectivity index (χ0) is 15.4. The lowest BCUT2D eigenvalue weighted by molar-refractivity contribution is 0.351. The molecule has 0 N–H and O–H groups in total. The van der Waals surface area contributed by atoms with E-state index in [-0.39, 0.29) is 0 Å². The van der Waals surface area contributed by atoms with Crippen LogP contribution in [-0.4, -0.2) is 28.9 Å². The zero-order valence-electron chi connectivity index (χ0n) is 13.3. The molecule has 2 rings (SSSR count). The molecule has 1 aliphatic heterocycles. The van der Waals surface area contributed by atoms with Gasteiger partial charge in [0.2, 0.25) is 0 Å². The molecule has 1 aromatic rings. The van der Waals surface area contributed by atoms with Crippen molar-refractivity contribution in [1.29, 1.82) is 5.26 Å². The fourth-order valence-electron chi connectivity index (χ4n) is 2.57. The van der Waals surface area contributed by atoms with Crippen molar-refractivity contribution in [3.05, 3.63) is 29.3 Å². The fourth-order valence-corrected chi connectivity index (χ4v) is 3.79. The highest BCUT2D eigenvalue weighted by Gasteiger charge is 2.27. The van der Waals surface area contributed by atoms with Gasteiger partial charge in [-0.1, -0.05) is 32.5 Å². The average molecular weight is 301 g/mol. The minimum atomic E-state index is 0.581. The number of nitrogens with zero attached hydrogens (tertiary/aromatic N) is 3. The second kappa shape index (κ2) is 7.00. The number of aliphatic imine (C=N–C) groups is 1. The molecule has 1 unspecified atom stereocenters. The predicted molar refractivity (Wildman–Crippen MR) is 91.1 cm³/mol. The van der Waals surface area contributed by atoms with Crippen molar-refractivity contribution in [3.63, 3.8) is 0 Å². The van der Waals surface area contributed by atoms with Crippen LogP contribution in [0.2, 0.25) is 0 Å². The molecule has 3 nitrogen and oxygen atoms in total. The van der Waals surface area contributed by atoms with Crippen molar-refractivity contribution in [2.75, 3.05) is 12.8 Å².